The molecule has 0 aromatic carbocycles. The van der Waals surface area contributed by atoms with Gasteiger partial charge < -0.3 is 0 Å². The number of hydrogen-bond acceptors (Lipinski definition) is 1. The van der Waals surface area contributed by atoms with Gasteiger partial charge >= 0.3 is 0 Å². The van der Waals surface area contributed by atoms with Crippen molar-refractivity contribution < 1.29 is 4.79 Å². The van der Waals surface area contributed by atoms with Gasteiger partial charge in [0, 0.05) is 12.3 Å². The van der Waals surface area contributed by atoms with Crippen molar-refractivity contribution in [1.29, 1.82) is 0 Å². The first kappa shape index (κ1) is 6.80. The van der Waals surface area contributed by atoms with Gasteiger partial charge in [-0.1, -0.05) is 19.1 Å². The third kappa shape index (κ3) is 0.414. The summed E-state index contributed by atoms with van der Waals surface area (Å²) in [6, 6.07) is 0. The number of rotatable bonds is 0. The molecule has 0 N–H and O–H groups in total. The summed E-state index contributed by atoms with van der Waals surface area (Å²) in [5.41, 5.74) is 0.866. The zero-order valence-electron chi connectivity index (χ0n) is 7.92. The smallest absolute Gasteiger partial charge is 0.137 e. The summed E-state index contributed by atoms with van der Waals surface area (Å²) in [5.74, 6) is 2.54. The lowest BCUT2D eigenvalue weighted by molar-refractivity contribution is -0.120. The molecule has 0 aromatic heterocycles. The Morgan fingerprint density at radius 3 is 3.15 bits per heavy atom. The highest BCUT2D eigenvalue weighted by Gasteiger charge is 2.86. The molecule has 4 rings (SSSR count). The molecule has 0 bridgehead atoms. The highest BCUT2D eigenvalue weighted by molar-refractivity contribution is 5.91. The topological polar surface area (TPSA) is 17.1 Å². The number of allylic oxidation sites excluding steroid dienone is 2. The molecule has 4 aliphatic carbocycles. The normalized spacial score (nSPS) is 65.6. The number of carbonyl (C=O) groups excluding carboxylic acids is 1. The van der Waals surface area contributed by atoms with Crippen LogP contribution in [0.4, 0.5) is 0 Å². The molecule has 0 radical (unpaired) electrons. The van der Waals surface area contributed by atoms with Crippen LogP contribution in [0.3, 0.4) is 0 Å². The largest absolute Gasteiger partial charge is 0.299 e. The SMILES string of the molecule is C[C@]12C3C(=O)C[C@H]1C[C@@H]1C=CCC312. The molecule has 1 nitrogen and oxygen atoms in total. The summed E-state index contributed by atoms with van der Waals surface area (Å²) in [6.45, 7) is 2.38. The fraction of sp³-hybridized carbons (Fsp3) is 0.750. The van der Waals surface area contributed by atoms with Gasteiger partial charge in [0.25, 0.3) is 0 Å². The van der Waals surface area contributed by atoms with E-state index in [1.54, 1.807) is 0 Å². The van der Waals surface area contributed by atoms with Gasteiger partial charge in [0.2, 0.25) is 0 Å². The van der Waals surface area contributed by atoms with E-state index in [9.17, 15) is 4.79 Å². The van der Waals surface area contributed by atoms with Crippen LogP contribution >= 0.6 is 0 Å². The monoisotopic (exact) mass is 174 g/mol. The summed E-state index contributed by atoms with van der Waals surface area (Å²) in [7, 11) is 0. The van der Waals surface area contributed by atoms with E-state index in [0.717, 1.165) is 18.3 Å². The summed E-state index contributed by atoms with van der Waals surface area (Å²) in [4.78, 5) is 11.8. The molecule has 1 heteroatoms. The van der Waals surface area contributed by atoms with E-state index < -0.39 is 0 Å². The summed E-state index contributed by atoms with van der Waals surface area (Å²) in [5, 5.41) is 0. The predicted octanol–water partition coefficient (Wildman–Crippen LogP) is 2.18. The van der Waals surface area contributed by atoms with E-state index in [2.05, 4.69) is 19.1 Å². The second-order valence-corrected chi connectivity index (χ2v) is 5.60. The molecular weight excluding hydrogens is 160 g/mol. The fourth-order valence-electron chi connectivity index (χ4n) is 5.18. The first-order chi connectivity index (χ1) is 6.21. The molecule has 3 fully saturated rings. The van der Waals surface area contributed by atoms with Crippen LogP contribution in [-0.2, 0) is 4.79 Å². The van der Waals surface area contributed by atoms with E-state index in [1.807, 2.05) is 0 Å². The van der Waals surface area contributed by atoms with Gasteiger partial charge in [-0.25, -0.2) is 0 Å². The Labute approximate surface area is 78.2 Å². The molecule has 2 unspecified atom stereocenters. The van der Waals surface area contributed by atoms with E-state index >= 15 is 0 Å². The minimum absolute atomic E-state index is 0.429. The summed E-state index contributed by atoms with van der Waals surface area (Å²) in [6.07, 6.45) is 8.10. The maximum atomic E-state index is 11.8. The minimum atomic E-state index is 0.429. The minimum Gasteiger partial charge on any atom is -0.299 e. The zero-order chi connectivity index (χ0) is 8.84. The molecule has 0 heterocycles. The Balaban J connectivity index is 1.95. The standard InChI is InChI=1S/C12H14O/c1-11-8-5-7-3-2-4-12(7,11)10(11)9(13)6-8/h2-3,7-8,10H,4-6H2,1H3/t7-,8+,10?,11+,12?/m0/s1. The summed E-state index contributed by atoms with van der Waals surface area (Å²) >= 11 is 0. The van der Waals surface area contributed by atoms with Crippen LogP contribution in [-0.4, -0.2) is 5.78 Å². The maximum absolute atomic E-state index is 11.8. The van der Waals surface area contributed by atoms with Crippen LogP contribution in [0, 0.1) is 28.6 Å². The lowest BCUT2D eigenvalue weighted by atomic mass is 9.87. The van der Waals surface area contributed by atoms with Crippen molar-refractivity contribution in [3.05, 3.63) is 12.2 Å². The van der Waals surface area contributed by atoms with Crippen LogP contribution in [0.15, 0.2) is 12.2 Å². The van der Waals surface area contributed by atoms with Crippen molar-refractivity contribution in [1.82, 2.24) is 0 Å². The van der Waals surface area contributed by atoms with Crippen molar-refractivity contribution in [3.63, 3.8) is 0 Å². The van der Waals surface area contributed by atoms with E-state index in [4.69, 9.17) is 0 Å². The molecule has 4 aliphatic rings. The summed E-state index contributed by atoms with van der Waals surface area (Å²) < 4.78 is 0. The average molecular weight is 174 g/mol. The lowest BCUT2D eigenvalue weighted by Crippen LogP contribution is -2.14. The Hall–Kier alpha value is -0.590. The van der Waals surface area contributed by atoms with Crippen molar-refractivity contribution in [2.45, 2.75) is 26.2 Å². The molecule has 68 valence electrons. The van der Waals surface area contributed by atoms with Gasteiger partial charge in [0.1, 0.15) is 5.78 Å². The Bertz CT molecular complexity index is 356. The molecule has 13 heavy (non-hydrogen) atoms. The maximum Gasteiger partial charge on any atom is 0.137 e. The van der Waals surface area contributed by atoms with Crippen LogP contribution in [0.5, 0.6) is 0 Å². The molecule has 0 saturated heterocycles. The number of Topliss-reactive ketones (excluding diaryl/α,β-unsaturated/α-hetero) is 1. The predicted molar refractivity (Wildman–Crippen MR) is 49.0 cm³/mol. The van der Waals surface area contributed by atoms with Gasteiger partial charge in [-0.15, -0.1) is 0 Å². The third-order valence-corrected chi connectivity index (χ3v) is 5.68. The second kappa shape index (κ2) is 1.53. The zero-order valence-corrected chi connectivity index (χ0v) is 7.92. The molecule has 3 saturated carbocycles. The van der Waals surface area contributed by atoms with Crippen LogP contribution in [0.1, 0.15) is 26.2 Å². The van der Waals surface area contributed by atoms with E-state index in [1.165, 1.54) is 12.8 Å². The molecule has 0 aromatic rings. The van der Waals surface area contributed by atoms with Gasteiger partial charge in [0.05, 0.1) is 0 Å². The van der Waals surface area contributed by atoms with E-state index in [0.29, 0.717) is 22.5 Å². The molecule has 0 amide bonds. The van der Waals surface area contributed by atoms with Crippen molar-refractivity contribution in [3.8, 4) is 0 Å². The third-order valence-electron chi connectivity index (χ3n) is 5.68. The van der Waals surface area contributed by atoms with Crippen molar-refractivity contribution >= 4 is 5.78 Å². The number of ketones is 1. The van der Waals surface area contributed by atoms with Gasteiger partial charge in [-0.05, 0) is 35.5 Å². The highest BCUT2D eigenvalue weighted by Crippen LogP contribution is 2.88. The van der Waals surface area contributed by atoms with Crippen LogP contribution in [0.2, 0.25) is 0 Å². The van der Waals surface area contributed by atoms with Gasteiger partial charge in [-0.2, -0.15) is 0 Å². The Kier molecular flexibility index (Phi) is 0.802. The van der Waals surface area contributed by atoms with Gasteiger partial charge in [0.15, 0.2) is 0 Å². The average Bonchev–Trinajstić information content (AvgIpc) is 2.36. The number of hydrogen-bond donors (Lipinski definition) is 0. The molecular formula is C12H14O. The number of carbonyl (C=O) groups is 1. The Morgan fingerprint density at radius 2 is 2.38 bits per heavy atom. The second-order valence-electron chi connectivity index (χ2n) is 5.60. The quantitative estimate of drug-likeness (QED) is 0.514. The first-order valence-corrected chi connectivity index (χ1v) is 5.40. The van der Waals surface area contributed by atoms with Gasteiger partial charge in [-0.3, -0.25) is 4.79 Å². The molecule has 5 atom stereocenters. The van der Waals surface area contributed by atoms with Crippen molar-refractivity contribution in [2.75, 3.05) is 0 Å². The highest BCUT2D eigenvalue weighted by atomic mass is 16.1. The molecule has 0 aliphatic heterocycles. The van der Waals surface area contributed by atoms with Crippen LogP contribution < -0.4 is 0 Å². The first-order valence-electron chi connectivity index (χ1n) is 5.40. The Morgan fingerprint density at radius 1 is 1.54 bits per heavy atom. The van der Waals surface area contributed by atoms with Crippen molar-refractivity contribution in [2.24, 2.45) is 28.6 Å². The lowest BCUT2D eigenvalue weighted by Gasteiger charge is -2.16. The fourth-order valence-corrected chi connectivity index (χ4v) is 5.18. The van der Waals surface area contributed by atoms with Crippen LogP contribution in [0.25, 0.3) is 0 Å². The molecule has 1 spiro atoms. The van der Waals surface area contributed by atoms with E-state index in [-0.39, 0.29) is 0 Å².